The fourth-order valence-electron chi connectivity index (χ4n) is 0.331. The molecule has 0 aliphatic heterocycles. The maximum absolute atomic E-state index is 10.1. The molecule has 0 spiro atoms. The first kappa shape index (κ1) is 7.43. The van der Waals surface area contributed by atoms with E-state index < -0.39 is 0 Å². The van der Waals surface area contributed by atoms with E-state index in [2.05, 4.69) is 4.74 Å². The SMILES string of the molecule is CC(=O)OC(C)CN. The third-order valence-corrected chi connectivity index (χ3v) is 0.699. The van der Waals surface area contributed by atoms with Crippen LogP contribution in [0.1, 0.15) is 13.8 Å². The van der Waals surface area contributed by atoms with Crippen molar-refractivity contribution in [3.8, 4) is 0 Å². The molecule has 3 nitrogen and oxygen atoms in total. The normalized spacial score (nSPS) is 12.9. The fourth-order valence-corrected chi connectivity index (χ4v) is 0.331. The van der Waals surface area contributed by atoms with Crippen molar-refractivity contribution in [1.29, 1.82) is 0 Å². The Morgan fingerprint density at radius 1 is 1.88 bits per heavy atom. The van der Waals surface area contributed by atoms with Gasteiger partial charge < -0.3 is 10.5 Å². The molecule has 2 N–H and O–H groups in total. The zero-order chi connectivity index (χ0) is 6.57. The number of esters is 1. The third kappa shape index (κ3) is 3.61. The minimum absolute atomic E-state index is 0.146. The van der Waals surface area contributed by atoms with E-state index in [-0.39, 0.29) is 12.1 Å². The van der Waals surface area contributed by atoms with Crippen LogP contribution < -0.4 is 5.73 Å². The Morgan fingerprint density at radius 2 is 2.38 bits per heavy atom. The predicted molar refractivity (Wildman–Crippen MR) is 30.3 cm³/mol. The minimum Gasteiger partial charge on any atom is -0.462 e. The first-order chi connectivity index (χ1) is 3.66. The summed E-state index contributed by atoms with van der Waals surface area (Å²) in [5.74, 6) is -0.275. The molecule has 0 aliphatic rings. The van der Waals surface area contributed by atoms with Crippen LogP contribution in [0.4, 0.5) is 0 Å². The van der Waals surface area contributed by atoms with E-state index >= 15 is 0 Å². The zero-order valence-electron chi connectivity index (χ0n) is 5.18. The molecule has 0 saturated carbocycles. The molecule has 0 saturated heterocycles. The van der Waals surface area contributed by atoms with E-state index in [4.69, 9.17) is 5.73 Å². The average Bonchev–Trinajstić information content (AvgIpc) is 1.65. The van der Waals surface area contributed by atoms with Crippen LogP contribution >= 0.6 is 0 Å². The average molecular weight is 117 g/mol. The molecule has 0 rings (SSSR count). The fraction of sp³-hybridized carbons (Fsp3) is 0.800. The second kappa shape index (κ2) is 3.43. The summed E-state index contributed by atoms with van der Waals surface area (Å²) in [6.07, 6.45) is -0.146. The van der Waals surface area contributed by atoms with Gasteiger partial charge >= 0.3 is 5.97 Å². The summed E-state index contributed by atoms with van der Waals surface area (Å²) >= 11 is 0. The van der Waals surface area contributed by atoms with Crippen molar-refractivity contribution in [1.82, 2.24) is 0 Å². The Labute approximate surface area is 48.8 Å². The lowest BCUT2D eigenvalue weighted by Crippen LogP contribution is -2.21. The summed E-state index contributed by atoms with van der Waals surface area (Å²) in [5, 5.41) is 0. The number of nitrogens with two attached hydrogens (primary N) is 1. The Kier molecular flexibility index (Phi) is 3.19. The zero-order valence-corrected chi connectivity index (χ0v) is 5.18. The van der Waals surface area contributed by atoms with Crippen LogP contribution in [0.5, 0.6) is 0 Å². The number of carbonyl (C=O) groups excluding carboxylic acids is 1. The molecule has 0 fully saturated rings. The monoisotopic (exact) mass is 117 g/mol. The molecule has 0 bridgehead atoms. The molecule has 1 unspecified atom stereocenters. The van der Waals surface area contributed by atoms with Crippen molar-refractivity contribution in [3.63, 3.8) is 0 Å². The molecule has 1 atom stereocenters. The predicted octanol–water partition coefficient (Wildman–Crippen LogP) is -0.103. The molecule has 0 heterocycles. The molecule has 3 heteroatoms. The van der Waals surface area contributed by atoms with Gasteiger partial charge in [0, 0.05) is 13.5 Å². The second-order valence-corrected chi connectivity index (χ2v) is 1.66. The first-order valence-electron chi connectivity index (χ1n) is 2.54. The molecular formula is C5H11NO2. The molecule has 48 valence electrons. The number of carbonyl (C=O) groups is 1. The molecule has 0 amide bonds. The maximum atomic E-state index is 10.1. The Hall–Kier alpha value is -0.570. The quantitative estimate of drug-likeness (QED) is 0.514. The largest absolute Gasteiger partial charge is 0.462 e. The van der Waals surface area contributed by atoms with Crippen LogP contribution in [-0.4, -0.2) is 18.6 Å². The highest BCUT2D eigenvalue weighted by Gasteiger charge is 1.99. The van der Waals surface area contributed by atoms with Crippen LogP contribution in [0.2, 0.25) is 0 Å². The highest BCUT2D eigenvalue weighted by atomic mass is 16.5. The van der Waals surface area contributed by atoms with Gasteiger partial charge in [0.15, 0.2) is 0 Å². The van der Waals surface area contributed by atoms with Crippen molar-refractivity contribution in [2.75, 3.05) is 6.54 Å². The van der Waals surface area contributed by atoms with Crippen molar-refractivity contribution >= 4 is 5.97 Å². The summed E-state index contributed by atoms with van der Waals surface area (Å²) in [6, 6.07) is 0. The Bertz CT molecular complexity index is 82.5. The molecule has 0 aromatic rings. The Balaban J connectivity index is 3.24. The van der Waals surface area contributed by atoms with Crippen molar-refractivity contribution in [2.24, 2.45) is 5.73 Å². The molecule has 0 aromatic heterocycles. The van der Waals surface area contributed by atoms with Crippen LogP contribution in [0.3, 0.4) is 0 Å². The van der Waals surface area contributed by atoms with Crippen molar-refractivity contribution < 1.29 is 9.53 Å². The number of ether oxygens (including phenoxy) is 1. The van der Waals surface area contributed by atoms with Crippen LogP contribution in [0, 0.1) is 0 Å². The van der Waals surface area contributed by atoms with Gasteiger partial charge in [0.05, 0.1) is 0 Å². The lowest BCUT2D eigenvalue weighted by atomic mass is 10.4. The van der Waals surface area contributed by atoms with E-state index in [0.717, 1.165) is 0 Å². The van der Waals surface area contributed by atoms with Crippen molar-refractivity contribution in [3.05, 3.63) is 0 Å². The van der Waals surface area contributed by atoms with Crippen LogP contribution in [0.25, 0.3) is 0 Å². The Morgan fingerprint density at radius 3 is 2.50 bits per heavy atom. The molecule has 8 heavy (non-hydrogen) atoms. The number of hydrogen-bond acceptors (Lipinski definition) is 3. The van der Waals surface area contributed by atoms with Gasteiger partial charge in [-0.05, 0) is 6.92 Å². The molecule has 0 radical (unpaired) electrons. The van der Waals surface area contributed by atoms with E-state index in [1.165, 1.54) is 6.92 Å². The van der Waals surface area contributed by atoms with Gasteiger partial charge in [-0.25, -0.2) is 0 Å². The maximum Gasteiger partial charge on any atom is 0.302 e. The lowest BCUT2D eigenvalue weighted by molar-refractivity contribution is -0.144. The highest BCUT2D eigenvalue weighted by molar-refractivity contribution is 5.66. The van der Waals surface area contributed by atoms with Gasteiger partial charge in [0.2, 0.25) is 0 Å². The third-order valence-electron chi connectivity index (χ3n) is 0.699. The highest BCUT2D eigenvalue weighted by Crippen LogP contribution is 1.85. The number of rotatable bonds is 2. The summed E-state index contributed by atoms with van der Waals surface area (Å²) in [6.45, 7) is 3.51. The minimum atomic E-state index is -0.275. The summed E-state index contributed by atoms with van der Waals surface area (Å²) < 4.78 is 4.64. The summed E-state index contributed by atoms with van der Waals surface area (Å²) in [7, 11) is 0. The van der Waals surface area contributed by atoms with Crippen molar-refractivity contribution in [2.45, 2.75) is 20.0 Å². The van der Waals surface area contributed by atoms with E-state index in [9.17, 15) is 4.79 Å². The standard InChI is InChI=1S/C5H11NO2/c1-4(3-6)8-5(2)7/h4H,3,6H2,1-2H3. The molecule has 0 aliphatic carbocycles. The number of hydrogen-bond donors (Lipinski definition) is 1. The molecule has 0 aromatic carbocycles. The van der Waals surface area contributed by atoms with Gasteiger partial charge in [-0.1, -0.05) is 0 Å². The lowest BCUT2D eigenvalue weighted by Gasteiger charge is -2.06. The smallest absolute Gasteiger partial charge is 0.302 e. The summed E-state index contributed by atoms with van der Waals surface area (Å²) in [4.78, 5) is 10.1. The van der Waals surface area contributed by atoms with Gasteiger partial charge in [-0.15, -0.1) is 0 Å². The van der Waals surface area contributed by atoms with Gasteiger partial charge in [0.1, 0.15) is 6.10 Å². The van der Waals surface area contributed by atoms with Gasteiger partial charge in [-0.3, -0.25) is 4.79 Å². The van der Waals surface area contributed by atoms with Crippen LogP contribution in [-0.2, 0) is 9.53 Å². The van der Waals surface area contributed by atoms with E-state index in [1.807, 2.05) is 0 Å². The van der Waals surface area contributed by atoms with Crippen LogP contribution in [0.15, 0.2) is 0 Å². The summed E-state index contributed by atoms with van der Waals surface area (Å²) in [5.41, 5.74) is 5.14. The van der Waals surface area contributed by atoms with Gasteiger partial charge in [-0.2, -0.15) is 0 Å². The molecular weight excluding hydrogens is 106 g/mol. The van der Waals surface area contributed by atoms with E-state index in [0.29, 0.717) is 6.54 Å². The van der Waals surface area contributed by atoms with E-state index in [1.54, 1.807) is 6.92 Å². The first-order valence-corrected chi connectivity index (χ1v) is 2.54. The second-order valence-electron chi connectivity index (χ2n) is 1.66. The van der Waals surface area contributed by atoms with Gasteiger partial charge in [0.25, 0.3) is 0 Å². The topological polar surface area (TPSA) is 52.3 Å².